The number of nitrogens with one attached hydrogen (secondary N) is 2. The third-order valence-corrected chi connectivity index (χ3v) is 5.26. The Morgan fingerprint density at radius 3 is 2.40 bits per heavy atom. The Balaban J connectivity index is 1.59. The quantitative estimate of drug-likeness (QED) is 0.517. The van der Waals surface area contributed by atoms with E-state index in [1.807, 2.05) is 35.2 Å². The minimum Gasteiger partial charge on any atom is -0.497 e. The van der Waals surface area contributed by atoms with Gasteiger partial charge in [-0.15, -0.1) is 0 Å². The molecule has 3 rings (SSSR count). The van der Waals surface area contributed by atoms with Crippen LogP contribution in [0.5, 0.6) is 11.5 Å². The maximum atomic E-state index is 12.0. The number of hydrogen-bond donors (Lipinski definition) is 2. The highest BCUT2D eigenvalue weighted by molar-refractivity contribution is 5.80. The Hall–Kier alpha value is -3.22. The number of amides is 1. The lowest BCUT2D eigenvalue weighted by Crippen LogP contribution is -2.36. The largest absolute Gasteiger partial charge is 0.497 e. The van der Waals surface area contributed by atoms with E-state index in [0.717, 1.165) is 41.2 Å². The number of guanidine groups is 1. The molecule has 1 fully saturated rings. The van der Waals surface area contributed by atoms with Gasteiger partial charge < -0.3 is 25.0 Å². The smallest absolute Gasteiger partial charge is 0.222 e. The topological polar surface area (TPSA) is 75.2 Å². The molecular formula is C23H30N4O3. The van der Waals surface area contributed by atoms with Crippen molar-refractivity contribution in [1.29, 1.82) is 0 Å². The number of benzene rings is 2. The molecule has 2 aromatic carbocycles. The van der Waals surface area contributed by atoms with Crippen LogP contribution in [0, 0.1) is 0 Å². The molecule has 0 aliphatic carbocycles. The summed E-state index contributed by atoms with van der Waals surface area (Å²) in [7, 11) is 5.03. The van der Waals surface area contributed by atoms with E-state index < -0.39 is 0 Å². The molecule has 7 nitrogen and oxygen atoms in total. The van der Waals surface area contributed by atoms with Gasteiger partial charge in [-0.2, -0.15) is 0 Å². The number of rotatable bonds is 8. The number of likely N-dealkylation sites (tertiary alicyclic amines) is 1. The SMILES string of the molecule is CN=C(NCc1ccccc1CN1CCCC1=O)NCc1ccc(OC)cc1OC. The zero-order valence-corrected chi connectivity index (χ0v) is 17.9. The van der Waals surface area contributed by atoms with Crippen molar-refractivity contribution in [3.05, 3.63) is 59.2 Å². The number of hydrogen-bond acceptors (Lipinski definition) is 4. The number of aliphatic imine (C=N–C) groups is 1. The fourth-order valence-electron chi connectivity index (χ4n) is 3.54. The molecule has 1 aliphatic heterocycles. The molecule has 2 aromatic rings. The molecule has 7 heteroatoms. The van der Waals surface area contributed by atoms with E-state index in [0.29, 0.717) is 32.0 Å². The minimum absolute atomic E-state index is 0.240. The second kappa shape index (κ2) is 10.5. The molecule has 1 saturated heterocycles. The number of carbonyl (C=O) groups excluding carboxylic acids is 1. The van der Waals surface area contributed by atoms with Crippen LogP contribution in [0.15, 0.2) is 47.5 Å². The summed E-state index contributed by atoms with van der Waals surface area (Å²) in [6.45, 7) is 2.69. The highest BCUT2D eigenvalue weighted by Crippen LogP contribution is 2.24. The van der Waals surface area contributed by atoms with E-state index in [1.54, 1.807) is 21.3 Å². The molecule has 0 unspecified atom stereocenters. The van der Waals surface area contributed by atoms with Crippen molar-refractivity contribution >= 4 is 11.9 Å². The van der Waals surface area contributed by atoms with Crippen molar-refractivity contribution in [2.45, 2.75) is 32.5 Å². The van der Waals surface area contributed by atoms with Crippen LogP contribution in [-0.2, 0) is 24.4 Å². The Bertz CT molecular complexity index is 898. The fraction of sp³-hybridized carbons (Fsp3) is 0.391. The molecule has 0 aromatic heterocycles. The summed E-state index contributed by atoms with van der Waals surface area (Å²) in [4.78, 5) is 18.2. The molecule has 0 radical (unpaired) electrons. The van der Waals surface area contributed by atoms with Crippen LogP contribution in [0.3, 0.4) is 0 Å². The normalized spacial score (nSPS) is 14.0. The average Bonchev–Trinajstić information content (AvgIpc) is 3.19. The zero-order chi connectivity index (χ0) is 21.3. The van der Waals surface area contributed by atoms with Gasteiger partial charge in [0.05, 0.1) is 14.2 Å². The maximum Gasteiger partial charge on any atom is 0.222 e. The van der Waals surface area contributed by atoms with Gasteiger partial charge in [-0.05, 0) is 29.7 Å². The molecule has 0 bridgehead atoms. The summed E-state index contributed by atoms with van der Waals surface area (Å²) in [5.74, 6) is 2.45. The van der Waals surface area contributed by atoms with Crippen LogP contribution in [0.4, 0.5) is 0 Å². The second-order valence-corrected chi connectivity index (χ2v) is 7.14. The van der Waals surface area contributed by atoms with Gasteiger partial charge in [0, 0.05) is 51.3 Å². The van der Waals surface area contributed by atoms with Gasteiger partial charge in [0.1, 0.15) is 11.5 Å². The first-order chi connectivity index (χ1) is 14.6. The Kier molecular flexibility index (Phi) is 7.54. The van der Waals surface area contributed by atoms with Crippen molar-refractivity contribution in [1.82, 2.24) is 15.5 Å². The van der Waals surface area contributed by atoms with E-state index in [-0.39, 0.29) is 5.91 Å². The Morgan fingerprint density at radius 2 is 1.77 bits per heavy atom. The first kappa shape index (κ1) is 21.5. The van der Waals surface area contributed by atoms with Crippen LogP contribution in [0.1, 0.15) is 29.5 Å². The standard InChI is InChI=1S/C23H30N4O3/c1-24-23(26-15-18-10-11-20(29-2)13-21(18)30-3)25-14-17-7-4-5-8-19(17)16-27-12-6-9-22(27)28/h4-5,7-8,10-11,13H,6,9,12,14-16H2,1-3H3,(H2,24,25,26). The average molecular weight is 411 g/mol. The minimum atomic E-state index is 0.240. The molecule has 30 heavy (non-hydrogen) atoms. The third kappa shape index (κ3) is 5.43. The maximum absolute atomic E-state index is 12.0. The molecule has 0 saturated carbocycles. The number of nitrogens with zero attached hydrogens (tertiary/aromatic N) is 2. The third-order valence-electron chi connectivity index (χ3n) is 5.26. The van der Waals surface area contributed by atoms with E-state index >= 15 is 0 Å². The number of ether oxygens (including phenoxy) is 2. The molecule has 1 heterocycles. The summed E-state index contributed by atoms with van der Waals surface area (Å²) >= 11 is 0. The fourth-order valence-corrected chi connectivity index (χ4v) is 3.54. The number of methoxy groups -OCH3 is 2. The van der Waals surface area contributed by atoms with Crippen molar-refractivity contribution in [2.75, 3.05) is 27.8 Å². The van der Waals surface area contributed by atoms with Crippen LogP contribution in [-0.4, -0.2) is 44.6 Å². The molecular weight excluding hydrogens is 380 g/mol. The van der Waals surface area contributed by atoms with Gasteiger partial charge in [0.15, 0.2) is 5.96 Å². The Labute approximate surface area is 178 Å². The zero-order valence-electron chi connectivity index (χ0n) is 17.9. The van der Waals surface area contributed by atoms with E-state index in [2.05, 4.69) is 27.8 Å². The van der Waals surface area contributed by atoms with E-state index in [1.165, 1.54) is 0 Å². The van der Waals surface area contributed by atoms with Crippen LogP contribution in [0.25, 0.3) is 0 Å². The van der Waals surface area contributed by atoms with E-state index in [9.17, 15) is 4.79 Å². The first-order valence-corrected chi connectivity index (χ1v) is 10.1. The molecule has 1 amide bonds. The summed E-state index contributed by atoms with van der Waals surface area (Å²) < 4.78 is 10.7. The van der Waals surface area contributed by atoms with Gasteiger partial charge in [0.2, 0.25) is 5.91 Å². The summed E-state index contributed by atoms with van der Waals surface area (Å²) in [6, 6.07) is 14.0. The monoisotopic (exact) mass is 410 g/mol. The predicted molar refractivity (Wildman–Crippen MR) is 118 cm³/mol. The van der Waals surface area contributed by atoms with Gasteiger partial charge in [0.25, 0.3) is 0 Å². The predicted octanol–water partition coefficient (Wildman–Crippen LogP) is 2.69. The molecule has 0 atom stereocenters. The van der Waals surface area contributed by atoms with Gasteiger partial charge in [-0.3, -0.25) is 9.79 Å². The molecule has 2 N–H and O–H groups in total. The Morgan fingerprint density at radius 1 is 1.03 bits per heavy atom. The highest BCUT2D eigenvalue weighted by atomic mass is 16.5. The van der Waals surface area contributed by atoms with Crippen LogP contribution < -0.4 is 20.1 Å². The lowest BCUT2D eigenvalue weighted by atomic mass is 10.1. The van der Waals surface area contributed by atoms with Crippen molar-refractivity contribution in [3.8, 4) is 11.5 Å². The van der Waals surface area contributed by atoms with Crippen LogP contribution >= 0.6 is 0 Å². The molecule has 160 valence electrons. The lowest BCUT2D eigenvalue weighted by Gasteiger charge is -2.19. The molecule has 0 spiro atoms. The summed E-state index contributed by atoms with van der Waals surface area (Å²) in [5.41, 5.74) is 3.32. The number of carbonyl (C=O) groups is 1. The summed E-state index contributed by atoms with van der Waals surface area (Å²) in [5, 5.41) is 6.68. The van der Waals surface area contributed by atoms with Gasteiger partial charge in [-0.25, -0.2) is 0 Å². The first-order valence-electron chi connectivity index (χ1n) is 10.1. The lowest BCUT2D eigenvalue weighted by molar-refractivity contribution is -0.128. The molecule has 1 aliphatic rings. The van der Waals surface area contributed by atoms with Crippen molar-refractivity contribution < 1.29 is 14.3 Å². The van der Waals surface area contributed by atoms with E-state index in [4.69, 9.17) is 9.47 Å². The van der Waals surface area contributed by atoms with Gasteiger partial charge in [-0.1, -0.05) is 24.3 Å². The van der Waals surface area contributed by atoms with Crippen molar-refractivity contribution in [3.63, 3.8) is 0 Å². The van der Waals surface area contributed by atoms with Crippen LogP contribution in [0.2, 0.25) is 0 Å². The summed E-state index contributed by atoms with van der Waals surface area (Å²) in [6.07, 6.45) is 1.61. The van der Waals surface area contributed by atoms with Crippen molar-refractivity contribution in [2.24, 2.45) is 4.99 Å². The second-order valence-electron chi connectivity index (χ2n) is 7.14. The van der Waals surface area contributed by atoms with Gasteiger partial charge >= 0.3 is 0 Å². The highest BCUT2D eigenvalue weighted by Gasteiger charge is 2.20.